The van der Waals surface area contributed by atoms with E-state index >= 15 is 0 Å². The first kappa shape index (κ1) is 17.8. The molecule has 0 spiro atoms. The van der Waals surface area contributed by atoms with Crippen molar-refractivity contribution >= 4 is 51.0 Å². The number of halogens is 1. The second-order valence-electron chi connectivity index (χ2n) is 6.13. The Morgan fingerprint density at radius 3 is 2.59 bits per heavy atom. The lowest BCUT2D eigenvalue weighted by Gasteiger charge is -2.09. The van der Waals surface area contributed by atoms with Gasteiger partial charge in [0.15, 0.2) is 0 Å². The van der Waals surface area contributed by atoms with Gasteiger partial charge in [-0.15, -0.1) is 11.8 Å². The number of aromatic nitrogens is 1. The molecule has 0 radical (unpaired) electrons. The summed E-state index contributed by atoms with van der Waals surface area (Å²) in [5.41, 5.74) is 2.04. The summed E-state index contributed by atoms with van der Waals surface area (Å²) in [6, 6.07) is 21.4. The van der Waals surface area contributed by atoms with Gasteiger partial charge in [0.25, 0.3) is 0 Å². The molecule has 27 heavy (non-hydrogen) atoms. The Balaban J connectivity index is 1.54. The zero-order valence-electron chi connectivity index (χ0n) is 14.6. The number of carbonyl (C=O) groups is 1. The predicted molar refractivity (Wildman–Crippen MR) is 112 cm³/mol. The molecule has 0 unspecified atom stereocenters. The largest absolute Gasteiger partial charge is 0.457 e. The molecule has 4 aromatic rings. The van der Waals surface area contributed by atoms with Crippen molar-refractivity contribution in [3.05, 3.63) is 83.0 Å². The molecule has 3 nitrogen and oxygen atoms in total. The van der Waals surface area contributed by atoms with Crippen molar-refractivity contribution in [2.24, 2.45) is 0 Å². The van der Waals surface area contributed by atoms with Gasteiger partial charge in [0.2, 0.25) is 0 Å². The van der Waals surface area contributed by atoms with Gasteiger partial charge in [0.1, 0.15) is 11.8 Å². The van der Waals surface area contributed by atoms with Gasteiger partial charge in [-0.2, -0.15) is 0 Å². The highest BCUT2D eigenvalue weighted by Gasteiger charge is 2.11. The van der Waals surface area contributed by atoms with E-state index in [0.29, 0.717) is 16.3 Å². The lowest BCUT2D eigenvalue weighted by molar-refractivity contribution is 0.0473. The topological polar surface area (TPSA) is 39.2 Å². The first-order valence-corrected chi connectivity index (χ1v) is 10.0. The van der Waals surface area contributed by atoms with Crippen LogP contribution in [0.2, 0.25) is 5.15 Å². The van der Waals surface area contributed by atoms with Gasteiger partial charge in [0, 0.05) is 15.8 Å². The number of thioether (sulfide) groups is 1. The van der Waals surface area contributed by atoms with Crippen molar-refractivity contribution in [2.45, 2.75) is 11.5 Å². The van der Waals surface area contributed by atoms with Crippen molar-refractivity contribution in [1.82, 2.24) is 4.98 Å². The summed E-state index contributed by atoms with van der Waals surface area (Å²) in [6.45, 7) is 0.0811. The summed E-state index contributed by atoms with van der Waals surface area (Å²) in [5.74, 6) is -0.380. The quantitative estimate of drug-likeness (QED) is 0.238. The molecule has 1 heterocycles. The zero-order valence-corrected chi connectivity index (χ0v) is 16.2. The summed E-state index contributed by atoms with van der Waals surface area (Å²) in [5, 5.41) is 3.41. The van der Waals surface area contributed by atoms with Gasteiger partial charge in [-0.1, -0.05) is 48.0 Å². The molecule has 1 aromatic heterocycles. The number of fused-ring (bicyclic) bond motifs is 2. The number of hydrogen-bond acceptors (Lipinski definition) is 4. The van der Waals surface area contributed by atoms with Crippen LogP contribution in [-0.2, 0) is 11.3 Å². The van der Waals surface area contributed by atoms with Crippen LogP contribution in [0.1, 0.15) is 15.9 Å². The van der Waals surface area contributed by atoms with Gasteiger partial charge in [-0.25, -0.2) is 9.78 Å². The summed E-state index contributed by atoms with van der Waals surface area (Å²) in [4.78, 5) is 18.0. The summed E-state index contributed by atoms with van der Waals surface area (Å²) >= 11 is 7.95. The number of carbonyl (C=O) groups excluding carboxylic acids is 1. The van der Waals surface area contributed by atoms with Crippen LogP contribution in [0.15, 0.2) is 71.6 Å². The number of benzene rings is 3. The molecule has 5 heteroatoms. The normalized spacial score (nSPS) is 11.0. The smallest absolute Gasteiger partial charge is 0.338 e. The third-order valence-corrected chi connectivity index (χ3v) is 5.45. The second-order valence-corrected chi connectivity index (χ2v) is 7.37. The molecule has 0 bridgehead atoms. The van der Waals surface area contributed by atoms with E-state index in [1.807, 2.05) is 66.9 Å². The number of esters is 1. The van der Waals surface area contributed by atoms with E-state index in [-0.39, 0.29) is 12.6 Å². The minimum atomic E-state index is -0.380. The van der Waals surface area contributed by atoms with Crippen LogP contribution in [0.25, 0.3) is 21.7 Å². The average molecular weight is 394 g/mol. The number of nitrogens with zero attached hydrogens (tertiary/aromatic N) is 1. The van der Waals surface area contributed by atoms with Crippen LogP contribution in [-0.4, -0.2) is 17.2 Å². The Labute approximate surface area is 166 Å². The van der Waals surface area contributed by atoms with Crippen LogP contribution in [0.5, 0.6) is 0 Å². The van der Waals surface area contributed by atoms with Crippen LogP contribution in [0.3, 0.4) is 0 Å². The first-order chi connectivity index (χ1) is 13.1. The van der Waals surface area contributed by atoms with Gasteiger partial charge in [0.05, 0.1) is 11.1 Å². The predicted octanol–water partition coefficient (Wildman–Crippen LogP) is 6.12. The third-order valence-electron chi connectivity index (χ3n) is 4.39. The van der Waals surface area contributed by atoms with Crippen molar-refractivity contribution in [1.29, 1.82) is 0 Å². The first-order valence-electron chi connectivity index (χ1n) is 8.43. The molecule has 0 aliphatic heterocycles. The zero-order chi connectivity index (χ0) is 18.8. The number of rotatable bonds is 4. The molecule has 0 amide bonds. The molecule has 0 aliphatic rings. The Bertz CT molecular complexity index is 1160. The molecule has 0 N–H and O–H groups in total. The van der Waals surface area contributed by atoms with Gasteiger partial charge < -0.3 is 4.74 Å². The average Bonchev–Trinajstić information content (AvgIpc) is 2.71. The van der Waals surface area contributed by atoms with E-state index in [0.717, 1.165) is 26.6 Å². The van der Waals surface area contributed by atoms with Crippen molar-refractivity contribution in [3.63, 3.8) is 0 Å². The Kier molecular flexibility index (Phi) is 5.01. The van der Waals surface area contributed by atoms with E-state index in [9.17, 15) is 4.79 Å². The van der Waals surface area contributed by atoms with Crippen LogP contribution >= 0.6 is 23.4 Å². The minimum absolute atomic E-state index is 0.0811. The molecule has 4 rings (SSSR count). The minimum Gasteiger partial charge on any atom is -0.457 e. The maximum atomic E-state index is 12.4. The standard InChI is InChI=1S/C22H16ClNO2S/c1-27-19-9-8-16-11-18(21(23)24-20(16)12-19)13-26-22(25)17-7-6-14-4-2-3-5-15(14)10-17/h2-12H,13H2,1H3. The maximum Gasteiger partial charge on any atom is 0.338 e. The molecule has 0 atom stereocenters. The number of ether oxygens (including phenoxy) is 1. The Morgan fingerprint density at radius 1 is 1.00 bits per heavy atom. The van der Waals surface area contributed by atoms with E-state index in [1.54, 1.807) is 17.8 Å². The molecule has 0 aliphatic carbocycles. The lowest BCUT2D eigenvalue weighted by atomic mass is 10.1. The molecule has 3 aromatic carbocycles. The molecule has 0 saturated heterocycles. The molecular formula is C22H16ClNO2S. The van der Waals surface area contributed by atoms with Gasteiger partial charge in [-0.3, -0.25) is 0 Å². The Morgan fingerprint density at radius 2 is 1.78 bits per heavy atom. The fraction of sp³-hybridized carbons (Fsp3) is 0.0909. The molecule has 0 fully saturated rings. The van der Waals surface area contributed by atoms with Crippen LogP contribution < -0.4 is 0 Å². The molecular weight excluding hydrogens is 378 g/mol. The highest BCUT2D eigenvalue weighted by molar-refractivity contribution is 7.98. The van der Waals surface area contributed by atoms with E-state index in [4.69, 9.17) is 16.3 Å². The maximum absolute atomic E-state index is 12.4. The van der Waals surface area contributed by atoms with E-state index < -0.39 is 0 Å². The molecule has 0 saturated carbocycles. The van der Waals surface area contributed by atoms with Crippen LogP contribution in [0, 0.1) is 0 Å². The Hall–Kier alpha value is -2.56. The van der Waals surface area contributed by atoms with Gasteiger partial charge >= 0.3 is 5.97 Å². The monoisotopic (exact) mass is 393 g/mol. The summed E-state index contributed by atoms with van der Waals surface area (Å²) in [7, 11) is 0. The van der Waals surface area contributed by atoms with Crippen molar-refractivity contribution < 1.29 is 9.53 Å². The summed E-state index contributed by atoms with van der Waals surface area (Å²) < 4.78 is 5.47. The highest BCUT2D eigenvalue weighted by Crippen LogP contribution is 2.25. The van der Waals surface area contributed by atoms with Crippen molar-refractivity contribution in [2.75, 3.05) is 6.26 Å². The fourth-order valence-electron chi connectivity index (χ4n) is 2.94. The third kappa shape index (κ3) is 3.77. The number of hydrogen-bond donors (Lipinski definition) is 0. The SMILES string of the molecule is CSc1ccc2cc(COC(=O)c3ccc4ccccc4c3)c(Cl)nc2c1. The highest BCUT2D eigenvalue weighted by atomic mass is 35.5. The molecule has 134 valence electrons. The van der Waals surface area contributed by atoms with E-state index in [1.165, 1.54) is 0 Å². The summed E-state index contributed by atoms with van der Waals surface area (Å²) in [6.07, 6.45) is 2.02. The number of pyridine rings is 1. The van der Waals surface area contributed by atoms with E-state index in [2.05, 4.69) is 4.98 Å². The fourth-order valence-corrected chi connectivity index (χ4v) is 3.57. The van der Waals surface area contributed by atoms with Crippen LogP contribution in [0.4, 0.5) is 0 Å². The van der Waals surface area contributed by atoms with Crippen molar-refractivity contribution in [3.8, 4) is 0 Å². The van der Waals surface area contributed by atoms with Gasteiger partial charge in [-0.05, 0) is 47.4 Å². The second kappa shape index (κ2) is 7.59. The lowest BCUT2D eigenvalue weighted by Crippen LogP contribution is -2.06.